The fourth-order valence-electron chi connectivity index (χ4n) is 2.57. The molecule has 1 aliphatic rings. The number of nitrogens with one attached hydrogen (secondary N) is 1. The summed E-state index contributed by atoms with van der Waals surface area (Å²) in [5, 5.41) is 13.9. The predicted octanol–water partition coefficient (Wildman–Crippen LogP) is 4.02. The topological polar surface area (TPSA) is 49.3 Å². The summed E-state index contributed by atoms with van der Waals surface area (Å²) in [6.07, 6.45) is 8.25. The summed E-state index contributed by atoms with van der Waals surface area (Å²) >= 11 is 0. The van der Waals surface area contributed by atoms with Crippen molar-refractivity contribution < 1.29 is 9.90 Å². The number of hydrogen-bond acceptors (Lipinski definition) is 2. The molecule has 0 aliphatic heterocycles. The number of benzene rings is 1. The molecule has 1 aromatic rings. The van der Waals surface area contributed by atoms with Gasteiger partial charge in [0.15, 0.2) is 0 Å². The first-order chi connectivity index (χ1) is 10.3. The fraction of sp³-hybridized carbons (Fsp3) is 0.421. The van der Waals surface area contributed by atoms with E-state index in [1.165, 1.54) is 0 Å². The zero-order valence-corrected chi connectivity index (χ0v) is 13.8. The number of rotatable bonds is 3. The molecule has 2 rings (SSSR count). The first-order valence-corrected chi connectivity index (χ1v) is 7.77. The molecular formula is C19H25NO2. The molecule has 0 spiro atoms. The van der Waals surface area contributed by atoms with Crippen LogP contribution in [0.1, 0.15) is 45.6 Å². The highest BCUT2D eigenvalue weighted by molar-refractivity contribution is 5.95. The van der Waals surface area contributed by atoms with Crippen molar-refractivity contribution in [1.82, 2.24) is 0 Å². The molecule has 3 nitrogen and oxygen atoms in total. The van der Waals surface area contributed by atoms with Gasteiger partial charge in [-0.3, -0.25) is 4.79 Å². The highest BCUT2D eigenvalue weighted by Gasteiger charge is 2.35. The van der Waals surface area contributed by atoms with E-state index in [1.54, 1.807) is 0 Å². The summed E-state index contributed by atoms with van der Waals surface area (Å²) in [7, 11) is 0. The van der Waals surface area contributed by atoms with Gasteiger partial charge in [-0.2, -0.15) is 0 Å². The van der Waals surface area contributed by atoms with Crippen molar-refractivity contribution in [3.8, 4) is 0 Å². The van der Waals surface area contributed by atoms with Crippen LogP contribution in [0.5, 0.6) is 0 Å². The molecule has 22 heavy (non-hydrogen) atoms. The van der Waals surface area contributed by atoms with Gasteiger partial charge in [-0.1, -0.05) is 70.2 Å². The summed E-state index contributed by atoms with van der Waals surface area (Å²) in [4.78, 5) is 12.3. The molecule has 2 atom stereocenters. The molecule has 3 heteroatoms. The molecule has 1 aromatic carbocycles. The maximum Gasteiger partial charge on any atom is 0.229 e. The van der Waals surface area contributed by atoms with Crippen molar-refractivity contribution in [3.63, 3.8) is 0 Å². The largest absolute Gasteiger partial charge is 0.385 e. The van der Waals surface area contributed by atoms with E-state index in [2.05, 4.69) is 5.32 Å². The molecule has 2 N–H and O–H groups in total. The lowest BCUT2D eigenvalue weighted by Crippen LogP contribution is -2.35. The van der Waals surface area contributed by atoms with Crippen molar-refractivity contribution >= 4 is 11.6 Å². The minimum Gasteiger partial charge on any atom is -0.385 e. The van der Waals surface area contributed by atoms with E-state index in [0.717, 1.165) is 11.3 Å². The number of amides is 1. The van der Waals surface area contributed by atoms with Crippen LogP contribution in [-0.2, 0) is 4.79 Å². The van der Waals surface area contributed by atoms with Gasteiger partial charge >= 0.3 is 0 Å². The molecule has 0 saturated heterocycles. The first-order valence-electron chi connectivity index (χ1n) is 7.77. The minimum atomic E-state index is -0.919. The maximum atomic E-state index is 12.3. The van der Waals surface area contributed by atoms with E-state index in [-0.39, 0.29) is 11.8 Å². The molecule has 2 unspecified atom stereocenters. The van der Waals surface area contributed by atoms with E-state index >= 15 is 0 Å². The quantitative estimate of drug-likeness (QED) is 0.885. The Morgan fingerprint density at radius 1 is 1.27 bits per heavy atom. The van der Waals surface area contributed by atoms with Gasteiger partial charge in [0.25, 0.3) is 0 Å². The minimum absolute atomic E-state index is 0.0321. The van der Waals surface area contributed by atoms with Gasteiger partial charge in [-0.25, -0.2) is 0 Å². The lowest BCUT2D eigenvalue weighted by Gasteiger charge is -2.34. The first kappa shape index (κ1) is 16.5. The summed E-state index contributed by atoms with van der Waals surface area (Å²) in [5.41, 5.74) is 0.317. The Hall–Kier alpha value is -1.87. The molecule has 1 amide bonds. The summed E-state index contributed by atoms with van der Waals surface area (Å²) in [6.45, 7) is 7.62. The molecule has 118 valence electrons. The van der Waals surface area contributed by atoms with Crippen molar-refractivity contribution in [2.45, 2.75) is 45.6 Å². The summed E-state index contributed by atoms with van der Waals surface area (Å²) in [5.74, 6) is -0.200. The van der Waals surface area contributed by atoms with Gasteiger partial charge in [0, 0.05) is 17.0 Å². The second kappa shape index (κ2) is 6.09. The second-order valence-electron chi connectivity index (χ2n) is 6.86. The van der Waals surface area contributed by atoms with Crippen LogP contribution in [-0.4, -0.2) is 16.6 Å². The van der Waals surface area contributed by atoms with Gasteiger partial charge < -0.3 is 10.4 Å². The molecule has 1 aliphatic carbocycles. The molecule has 0 bridgehead atoms. The van der Waals surface area contributed by atoms with E-state index in [1.807, 2.05) is 76.3 Å². The SMILES string of the molecule is CCC1(O)C=CC=CC1c1ccccc1NC(=O)C(C)(C)C. The zero-order chi connectivity index (χ0) is 16.4. The van der Waals surface area contributed by atoms with E-state index in [9.17, 15) is 9.90 Å². The highest BCUT2D eigenvalue weighted by atomic mass is 16.3. The van der Waals surface area contributed by atoms with Crippen LogP contribution in [0, 0.1) is 5.41 Å². The number of anilines is 1. The smallest absolute Gasteiger partial charge is 0.229 e. The van der Waals surface area contributed by atoms with Crippen molar-refractivity contribution in [2.75, 3.05) is 5.32 Å². The average molecular weight is 299 g/mol. The van der Waals surface area contributed by atoms with E-state index in [0.29, 0.717) is 6.42 Å². The highest BCUT2D eigenvalue weighted by Crippen LogP contribution is 2.39. The van der Waals surface area contributed by atoms with Gasteiger partial charge in [-0.15, -0.1) is 0 Å². The van der Waals surface area contributed by atoms with Crippen molar-refractivity contribution in [2.24, 2.45) is 5.41 Å². The number of hydrogen-bond donors (Lipinski definition) is 2. The number of para-hydroxylation sites is 1. The normalized spacial score (nSPS) is 24.3. The Kier molecular flexibility index (Phi) is 4.57. The fourth-order valence-corrected chi connectivity index (χ4v) is 2.57. The van der Waals surface area contributed by atoms with Gasteiger partial charge in [-0.05, 0) is 18.1 Å². The Morgan fingerprint density at radius 3 is 2.59 bits per heavy atom. The lowest BCUT2D eigenvalue weighted by atomic mass is 9.77. The third-order valence-electron chi connectivity index (χ3n) is 4.13. The third kappa shape index (κ3) is 3.30. The Morgan fingerprint density at radius 2 is 1.95 bits per heavy atom. The van der Waals surface area contributed by atoms with Gasteiger partial charge in [0.05, 0.1) is 5.60 Å². The Labute approximate surface area is 132 Å². The van der Waals surface area contributed by atoms with Crippen molar-refractivity contribution in [3.05, 3.63) is 54.1 Å². The van der Waals surface area contributed by atoms with Crippen molar-refractivity contribution in [1.29, 1.82) is 0 Å². The number of carbonyl (C=O) groups is 1. The van der Waals surface area contributed by atoms with Crippen LogP contribution in [0.3, 0.4) is 0 Å². The molecule has 0 heterocycles. The summed E-state index contributed by atoms with van der Waals surface area (Å²) in [6, 6.07) is 7.69. The van der Waals surface area contributed by atoms with Crippen LogP contribution in [0.25, 0.3) is 0 Å². The number of allylic oxidation sites excluding steroid dienone is 2. The molecular weight excluding hydrogens is 274 g/mol. The van der Waals surface area contributed by atoms with E-state index in [4.69, 9.17) is 0 Å². The second-order valence-corrected chi connectivity index (χ2v) is 6.86. The molecule has 0 fully saturated rings. The predicted molar refractivity (Wildman–Crippen MR) is 90.8 cm³/mol. The maximum absolute atomic E-state index is 12.3. The van der Waals surface area contributed by atoms with Gasteiger partial charge in [0.2, 0.25) is 5.91 Å². The third-order valence-corrected chi connectivity index (χ3v) is 4.13. The Bertz CT molecular complexity index is 610. The standard InChI is InChI=1S/C19H25NO2/c1-5-19(22)13-9-8-11-15(19)14-10-6-7-12-16(14)20-17(21)18(2,3)4/h6-13,15,22H,5H2,1-4H3,(H,20,21). The monoisotopic (exact) mass is 299 g/mol. The summed E-state index contributed by atoms with van der Waals surface area (Å²) < 4.78 is 0. The number of aliphatic hydroxyl groups is 1. The lowest BCUT2D eigenvalue weighted by molar-refractivity contribution is -0.123. The van der Waals surface area contributed by atoms with Crippen LogP contribution in [0.4, 0.5) is 5.69 Å². The van der Waals surface area contributed by atoms with Crippen LogP contribution in [0.15, 0.2) is 48.6 Å². The molecule has 0 saturated carbocycles. The molecule has 0 aromatic heterocycles. The molecule has 0 radical (unpaired) electrons. The number of carbonyl (C=O) groups excluding carboxylic acids is 1. The van der Waals surface area contributed by atoms with Crippen LogP contribution < -0.4 is 5.32 Å². The average Bonchev–Trinajstić information content (AvgIpc) is 2.47. The van der Waals surface area contributed by atoms with Crippen LogP contribution >= 0.6 is 0 Å². The zero-order valence-electron chi connectivity index (χ0n) is 13.8. The van der Waals surface area contributed by atoms with Crippen LogP contribution in [0.2, 0.25) is 0 Å². The Balaban J connectivity index is 2.39. The van der Waals surface area contributed by atoms with E-state index < -0.39 is 11.0 Å². The van der Waals surface area contributed by atoms with Gasteiger partial charge in [0.1, 0.15) is 0 Å².